The molecule has 0 unspecified atom stereocenters. The second-order valence-corrected chi connectivity index (χ2v) is 4.60. The normalized spacial score (nSPS) is 11.5. The Morgan fingerprint density at radius 1 is 1.32 bits per heavy atom. The number of amides is 1. The lowest BCUT2D eigenvalue weighted by atomic mass is 10.2. The summed E-state index contributed by atoms with van der Waals surface area (Å²) in [5.74, 6) is -1.09. The van der Waals surface area contributed by atoms with Gasteiger partial charge in [-0.05, 0) is 18.2 Å². The Morgan fingerprint density at radius 3 is 2.73 bits per heavy atom. The van der Waals surface area contributed by atoms with E-state index in [-0.39, 0.29) is 5.82 Å². The Labute approximate surface area is 123 Å². The van der Waals surface area contributed by atoms with Gasteiger partial charge in [0, 0.05) is 12.4 Å². The second kappa shape index (κ2) is 6.12. The number of nitrogens with zero attached hydrogens (tertiary/aromatic N) is 3. The molecule has 2 rings (SSSR count). The number of nitrogens with one attached hydrogen (secondary N) is 1. The number of hydrogen-bond donors (Lipinski definition) is 1. The van der Waals surface area contributed by atoms with Crippen LogP contribution in [0.4, 0.5) is 23.4 Å². The SMILES string of the molecule is CN(CC(F)(F)F)C(=O)CNc1ncnc2ccc(F)cc12. The van der Waals surface area contributed by atoms with Crippen molar-refractivity contribution in [3.05, 3.63) is 30.3 Å². The van der Waals surface area contributed by atoms with E-state index in [1.807, 2.05) is 0 Å². The summed E-state index contributed by atoms with van der Waals surface area (Å²) in [4.78, 5) is 20.0. The summed E-state index contributed by atoms with van der Waals surface area (Å²) < 4.78 is 49.9. The molecule has 9 heteroatoms. The number of rotatable bonds is 4. The van der Waals surface area contributed by atoms with E-state index in [9.17, 15) is 22.4 Å². The fraction of sp³-hybridized carbons (Fsp3) is 0.308. The largest absolute Gasteiger partial charge is 0.406 e. The molecule has 0 aliphatic heterocycles. The zero-order valence-corrected chi connectivity index (χ0v) is 11.5. The van der Waals surface area contributed by atoms with Gasteiger partial charge in [-0.3, -0.25) is 4.79 Å². The van der Waals surface area contributed by atoms with E-state index >= 15 is 0 Å². The fourth-order valence-corrected chi connectivity index (χ4v) is 1.82. The quantitative estimate of drug-likeness (QED) is 0.879. The minimum Gasteiger partial charge on any atom is -0.360 e. The number of hydrogen-bond acceptors (Lipinski definition) is 4. The first-order valence-electron chi connectivity index (χ1n) is 6.21. The van der Waals surface area contributed by atoms with E-state index in [0.717, 1.165) is 7.05 Å². The molecule has 0 atom stereocenters. The van der Waals surface area contributed by atoms with Gasteiger partial charge in [0.2, 0.25) is 5.91 Å². The summed E-state index contributed by atoms with van der Waals surface area (Å²) >= 11 is 0. The highest BCUT2D eigenvalue weighted by atomic mass is 19.4. The van der Waals surface area contributed by atoms with Gasteiger partial charge in [-0.2, -0.15) is 13.2 Å². The van der Waals surface area contributed by atoms with Crippen molar-refractivity contribution < 1.29 is 22.4 Å². The minimum atomic E-state index is -4.46. The van der Waals surface area contributed by atoms with Crippen molar-refractivity contribution in [2.75, 3.05) is 25.5 Å². The molecule has 0 radical (unpaired) electrons. The molecule has 1 aromatic carbocycles. The van der Waals surface area contributed by atoms with E-state index in [2.05, 4.69) is 15.3 Å². The smallest absolute Gasteiger partial charge is 0.360 e. The summed E-state index contributed by atoms with van der Waals surface area (Å²) in [5, 5.41) is 2.95. The van der Waals surface area contributed by atoms with Crippen molar-refractivity contribution >= 4 is 22.6 Å². The van der Waals surface area contributed by atoms with Crippen molar-refractivity contribution in [1.29, 1.82) is 0 Å². The van der Waals surface area contributed by atoms with Crippen LogP contribution >= 0.6 is 0 Å². The van der Waals surface area contributed by atoms with Crippen molar-refractivity contribution in [3.63, 3.8) is 0 Å². The maximum atomic E-state index is 13.2. The maximum absolute atomic E-state index is 13.2. The average Bonchev–Trinajstić information content (AvgIpc) is 2.42. The molecule has 118 valence electrons. The van der Waals surface area contributed by atoms with E-state index in [1.54, 1.807) is 0 Å². The summed E-state index contributed by atoms with van der Waals surface area (Å²) in [5.41, 5.74) is 0.454. The molecular weight excluding hydrogens is 304 g/mol. The monoisotopic (exact) mass is 316 g/mol. The van der Waals surface area contributed by atoms with Crippen LogP contribution in [0.2, 0.25) is 0 Å². The summed E-state index contributed by atoms with van der Waals surface area (Å²) in [6.07, 6.45) is -3.25. The predicted octanol–water partition coefficient (Wildman–Crippen LogP) is 2.20. The lowest BCUT2D eigenvalue weighted by Gasteiger charge is -2.19. The molecule has 1 heterocycles. The minimum absolute atomic E-state index is 0.179. The number of carbonyl (C=O) groups excluding carboxylic acids is 1. The molecule has 0 aliphatic rings. The first-order chi connectivity index (χ1) is 10.3. The van der Waals surface area contributed by atoms with Crippen LogP contribution in [0.25, 0.3) is 10.9 Å². The Bertz CT molecular complexity index is 689. The second-order valence-electron chi connectivity index (χ2n) is 4.60. The summed E-state index contributed by atoms with van der Waals surface area (Å²) in [7, 11) is 1.05. The van der Waals surface area contributed by atoms with Crippen LogP contribution in [0.5, 0.6) is 0 Å². The zero-order valence-electron chi connectivity index (χ0n) is 11.5. The van der Waals surface area contributed by atoms with Crippen LogP contribution in [0, 0.1) is 5.82 Å². The van der Waals surface area contributed by atoms with Gasteiger partial charge in [0.25, 0.3) is 0 Å². The van der Waals surface area contributed by atoms with Gasteiger partial charge in [0.05, 0.1) is 12.1 Å². The molecule has 22 heavy (non-hydrogen) atoms. The van der Waals surface area contributed by atoms with E-state index in [1.165, 1.54) is 24.5 Å². The molecule has 1 N–H and O–H groups in total. The van der Waals surface area contributed by atoms with Gasteiger partial charge >= 0.3 is 6.18 Å². The third-order valence-corrected chi connectivity index (χ3v) is 2.85. The van der Waals surface area contributed by atoms with Crippen molar-refractivity contribution in [1.82, 2.24) is 14.9 Å². The number of aromatic nitrogens is 2. The van der Waals surface area contributed by atoms with Crippen LogP contribution < -0.4 is 5.32 Å². The third kappa shape index (κ3) is 4.03. The van der Waals surface area contributed by atoms with Crippen LogP contribution in [-0.2, 0) is 4.79 Å². The maximum Gasteiger partial charge on any atom is 0.406 e. The highest BCUT2D eigenvalue weighted by Crippen LogP contribution is 2.20. The van der Waals surface area contributed by atoms with Crippen LogP contribution in [-0.4, -0.2) is 47.1 Å². The number of halogens is 4. The zero-order chi connectivity index (χ0) is 16.3. The fourth-order valence-electron chi connectivity index (χ4n) is 1.82. The molecule has 0 bridgehead atoms. The number of anilines is 1. The predicted molar refractivity (Wildman–Crippen MR) is 71.7 cm³/mol. The van der Waals surface area contributed by atoms with Crippen molar-refractivity contribution in [2.24, 2.45) is 0 Å². The first-order valence-corrected chi connectivity index (χ1v) is 6.21. The standard InChI is InChI=1S/C13H12F4N4O/c1-21(6-13(15,16)17)11(22)5-18-12-9-4-8(14)2-3-10(9)19-7-20-12/h2-4,7H,5-6H2,1H3,(H,18,19,20). The topological polar surface area (TPSA) is 58.1 Å². The number of alkyl halides is 3. The Morgan fingerprint density at radius 2 is 2.05 bits per heavy atom. The lowest BCUT2D eigenvalue weighted by molar-refractivity contribution is -0.157. The average molecular weight is 316 g/mol. The molecule has 1 amide bonds. The molecule has 0 fully saturated rings. The Kier molecular flexibility index (Phi) is 4.43. The van der Waals surface area contributed by atoms with Gasteiger partial charge in [-0.25, -0.2) is 14.4 Å². The number of benzene rings is 1. The molecule has 2 aromatic rings. The highest BCUT2D eigenvalue weighted by molar-refractivity contribution is 5.90. The Hall–Kier alpha value is -2.45. The van der Waals surface area contributed by atoms with Crippen molar-refractivity contribution in [2.45, 2.75) is 6.18 Å². The van der Waals surface area contributed by atoms with Gasteiger partial charge in [0.1, 0.15) is 24.5 Å². The summed E-state index contributed by atoms with van der Waals surface area (Å²) in [6.45, 7) is -1.73. The summed E-state index contributed by atoms with van der Waals surface area (Å²) in [6, 6.07) is 3.85. The van der Waals surface area contributed by atoms with E-state index < -0.39 is 31.0 Å². The Balaban J connectivity index is 2.09. The molecular formula is C13H12F4N4O. The molecule has 0 spiro atoms. The van der Waals surface area contributed by atoms with Gasteiger partial charge in [0.15, 0.2) is 0 Å². The molecule has 1 aromatic heterocycles. The van der Waals surface area contributed by atoms with Gasteiger partial charge in [-0.15, -0.1) is 0 Å². The van der Waals surface area contributed by atoms with Gasteiger partial charge in [-0.1, -0.05) is 0 Å². The lowest BCUT2D eigenvalue weighted by Crippen LogP contribution is -2.39. The molecule has 0 saturated carbocycles. The number of fused-ring (bicyclic) bond motifs is 1. The molecule has 0 saturated heterocycles. The van der Waals surface area contributed by atoms with E-state index in [4.69, 9.17) is 0 Å². The number of likely N-dealkylation sites (N-methyl/N-ethyl adjacent to an activating group) is 1. The first kappa shape index (κ1) is 15.9. The van der Waals surface area contributed by atoms with Crippen molar-refractivity contribution in [3.8, 4) is 0 Å². The third-order valence-electron chi connectivity index (χ3n) is 2.85. The molecule has 0 aliphatic carbocycles. The molecule has 5 nitrogen and oxygen atoms in total. The van der Waals surface area contributed by atoms with Crippen LogP contribution in [0.15, 0.2) is 24.5 Å². The highest BCUT2D eigenvalue weighted by Gasteiger charge is 2.31. The van der Waals surface area contributed by atoms with Crippen LogP contribution in [0.3, 0.4) is 0 Å². The van der Waals surface area contributed by atoms with Gasteiger partial charge < -0.3 is 10.2 Å². The number of carbonyl (C=O) groups is 1. The van der Waals surface area contributed by atoms with Crippen LogP contribution in [0.1, 0.15) is 0 Å². The van der Waals surface area contributed by atoms with E-state index in [0.29, 0.717) is 15.8 Å².